The van der Waals surface area contributed by atoms with Crippen molar-refractivity contribution in [2.24, 2.45) is 5.73 Å². The molecule has 4 nitrogen and oxygen atoms in total. The van der Waals surface area contributed by atoms with Crippen LogP contribution in [-0.2, 0) is 12.0 Å². The number of furan rings is 1. The van der Waals surface area contributed by atoms with Crippen LogP contribution in [0.25, 0.3) is 0 Å². The van der Waals surface area contributed by atoms with Crippen molar-refractivity contribution < 1.29 is 9.21 Å². The van der Waals surface area contributed by atoms with Gasteiger partial charge in [-0.25, -0.2) is 0 Å². The van der Waals surface area contributed by atoms with Gasteiger partial charge in [0.2, 0.25) is 0 Å². The number of hydrogen-bond acceptors (Lipinski definition) is 3. The van der Waals surface area contributed by atoms with Gasteiger partial charge >= 0.3 is 0 Å². The minimum atomic E-state index is -0.125. The van der Waals surface area contributed by atoms with Gasteiger partial charge in [-0.1, -0.05) is 44.2 Å². The van der Waals surface area contributed by atoms with Crippen molar-refractivity contribution >= 4 is 18.3 Å². The average Bonchev–Trinajstić information content (AvgIpc) is 2.96. The van der Waals surface area contributed by atoms with E-state index in [-0.39, 0.29) is 29.8 Å². The molecule has 0 bridgehead atoms. The van der Waals surface area contributed by atoms with Crippen LogP contribution in [0.3, 0.4) is 0 Å². The van der Waals surface area contributed by atoms with Crippen molar-refractivity contribution in [3.8, 4) is 0 Å². The second-order valence-corrected chi connectivity index (χ2v) is 6.33. The molecule has 2 rings (SSSR count). The Labute approximate surface area is 143 Å². The molecule has 23 heavy (non-hydrogen) atoms. The fourth-order valence-electron chi connectivity index (χ4n) is 2.74. The molecule has 0 radical (unpaired) electrons. The largest absolute Gasteiger partial charge is 0.467 e. The second-order valence-electron chi connectivity index (χ2n) is 6.33. The van der Waals surface area contributed by atoms with Crippen molar-refractivity contribution in [3.05, 3.63) is 59.5 Å². The number of nitrogens with one attached hydrogen (secondary N) is 1. The third-order valence-electron chi connectivity index (χ3n) is 3.87. The van der Waals surface area contributed by atoms with E-state index in [0.29, 0.717) is 17.9 Å². The first kappa shape index (κ1) is 19.3. The van der Waals surface area contributed by atoms with E-state index in [2.05, 4.69) is 31.3 Å². The zero-order valence-electron chi connectivity index (χ0n) is 13.8. The molecule has 1 unspecified atom stereocenters. The quantitative estimate of drug-likeness (QED) is 0.846. The van der Waals surface area contributed by atoms with Gasteiger partial charge in [0.1, 0.15) is 12.0 Å². The standard InChI is InChI=1S/C18H24N2O2.ClH/c1-13(10-18(2,3)15-7-5-4-6-8-15)20-17(21)14-9-16(11-19)22-12-14;/h4-9,12-13H,10-11,19H2,1-3H3,(H,20,21);1H. The van der Waals surface area contributed by atoms with Crippen molar-refractivity contribution in [2.75, 3.05) is 0 Å². The van der Waals surface area contributed by atoms with Crippen LogP contribution in [0, 0.1) is 0 Å². The SMILES string of the molecule is CC(CC(C)(C)c1ccccc1)NC(=O)c1coc(CN)c1.Cl. The lowest BCUT2D eigenvalue weighted by molar-refractivity contribution is 0.0934. The first-order valence-electron chi connectivity index (χ1n) is 7.56. The molecule has 1 amide bonds. The number of nitrogens with two attached hydrogens (primary N) is 1. The summed E-state index contributed by atoms with van der Waals surface area (Å²) in [6.07, 6.45) is 2.30. The maximum absolute atomic E-state index is 12.2. The van der Waals surface area contributed by atoms with E-state index < -0.39 is 0 Å². The zero-order chi connectivity index (χ0) is 16.2. The van der Waals surface area contributed by atoms with Crippen LogP contribution in [0.1, 0.15) is 48.9 Å². The van der Waals surface area contributed by atoms with Gasteiger partial charge in [-0.15, -0.1) is 12.4 Å². The summed E-state index contributed by atoms with van der Waals surface area (Å²) in [7, 11) is 0. The first-order chi connectivity index (χ1) is 10.4. The highest BCUT2D eigenvalue weighted by Crippen LogP contribution is 2.28. The summed E-state index contributed by atoms with van der Waals surface area (Å²) < 4.78 is 5.20. The van der Waals surface area contributed by atoms with Crippen LogP contribution in [0.5, 0.6) is 0 Å². The number of carbonyl (C=O) groups excluding carboxylic acids is 1. The third-order valence-corrected chi connectivity index (χ3v) is 3.87. The summed E-state index contributed by atoms with van der Waals surface area (Å²) in [5.41, 5.74) is 7.27. The lowest BCUT2D eigenvalue weighted by atomic mass is 9.79. The van der Waals surface area contributed by atoms with Crippen molar-refractivity contribution in [1.82, 2.24) is 5.32 Å². The maximum Gasteiger partial charge on any atom is 0.254 e. The van der Waals surface area contributed by atoms with Crippen LogP contribution in [0.4, 0.5) is 0 Å². The smallest absolute Gasteiger partial charge is 0.254 e. The molecule has 0 aliphatic carbocycles. The minimum absolute atomic E-state index is 0. The topological polar surface area (TPSA) is 68.3 Å². The molecule has 0 fully saturated rings. The van der Waals surface area contributed by atoms with Crippen LogP contribution in [0.2, 0.25) is 0 Å². The van der Waals surface area contributed by atoms with E-state index in [1.54, 1.807) is 6.07 Å². The fraction of sp³-hybridized carbons (Fsp3) is 0.389. The molecule has 126 valence electrons. The molecule has 0 saturated heterocycles. The van der Waals surface area contributed by atoms with Gasteiger partial charge in [0.05, 0.1) is 12.1 Å². The van der Waals surface area contributed by atoms with E-state index >= 15 is 0 Å². The number of carbonyl (C=O) groups is 1. The predicted molar refractivity (Wildman–Crippen MR) is 94.9 cm³/mol. The summed E-state index contributed by atoms with van der Waals surface area (Å²) in [6.45, 7) is 6.70. The summed E-state index contributed by atoms with van der Waals surface area (Å²) >= 11 is 0. The molecule has 1 atom stereocenters. The van der Waals surface area contributed by atoms with Gasteiger partial charge < -0.3 is 15.5 Å². The van der Waals surface area contributed by atoms with Crippen molar-refractivity contribution in [3.63, 3.8) is 0 Å². The molecule has 5 heteroatoms. The lowest BCUT2D eigenvalue weighted by Gasteiger charge is -2.29. The average molecular weight is 337 g/mol. The van der Waals surface area contributed by atoms with E-state index in [9.17, 15) is 4.79 Å². The number of amides is 1. The number of rotatable bonds is 6. The summed E-state index contributed by atoms with van der Waals surface area (Å²) in [6, 6.07) is 12.1. The van der Waals surface area contributed by atoms with Crippen molar-refractivity contribution in [2.45, 2.75) is 45.2 Å². The Hall–Kier alpha value is -1.78. The van der Waals surface area contributed by atoms with E-state index in [1.165, 1.54) is 11.8 Å². The Morgan fingerprint density at radius 2 is 1.96 bits per heavy atom. The van der Waals surface area contributed by atoms with Crippen LogP contribution in [0.15, 0.2) is 47.1 Å². The number of hydrogen-bond donors (Lipinski definition) is 2. The Morgan fingerprint density at radius 3 is 2.52 bits per heavy atom. The molecule has 0 aliphatic rings. The van der Waals surface area contributed by atoms with Gasteiger partial charge in [0.25, 0.3) is 5.91 Å². The van der Waals surface area contributed by atoms with Crippen molar-refractivity contribution in [1.29, 1.82) is 0 Å². The summed E-state index contributed by atoms with van der Waals surface area (Å²) in [5, 5.41) is 3.02. The van der Waals surface area contributed by atoms with Gasteiger partial charge in [-0.2, -0.15) is 0 Å². The highest BCUT2D eigenvalue weighted by Gasteiger charge is 2.24. The third kappa shape index (κ3) is 5.12. The van der Waals surface area contributed by atoms with Gasteiger partial charge in [-0.3, -0.25) is 4.79 Å². The molecular formula is C18H25ClN2O2. The molecule has 1 aromatic heterocycles. The molecule has 0 saturated carbocycles. The Kier molecular flexibility index (Phi) is 6.85. The summed E-state index contributed by atoms with van der Waals surface area (Å²) in [5.74, 6) is 0.488. The highest BCUT2D eigenvalue weighted by atomic mass is 35.5. The van der Waals surface area contributed by atoms with Crippen LogP contribution in [-0.4, -0.2) is 11.9 Å². The van der Waals surface area contributed by atoms with Gasteiger partial charge in [-0.05, 0) is 30.4 Å². The predicted octanol–water partition coefficient (Wildman–Crippen LogP) is 3.65. The number of halogens is 1. The fourth-order valence-corrected chi connectivity index (χ4v) is 2.74. The molecule has 2 aromatic rings. The highest BCUT2D eigenvalue weighted by molar-refractivity contribution is 5.94. The zero-order valence-corrected chi connectivity index (χ0v) is 14.7. The normalized spacial score (nSPS) is 12.3. The Balaban J connectivity index is 0.00000264. The Morgan fingerprint density at radius 1 is 1.30 bits per heavy atom. The van der Waals surface area contributed by atoms with Gasteiger partial charge in [0, 0.05) is 6.04 Å². The maximum atomic E-state index is 12.2. The molecule has 0 aliphatic heterocycles. The minimum Gasteiger partial charge on any atom is -0.467 e. The van der Waals surface area contributed by atoms with Crippen LogP contribution < -0.4 is 11.1 Å². The van der Waals surface area contributed by atoms with E-state index in [0.717, 1.165) is 6.42 Å². The van der Waals surface area contributed by atoms with E-state index in [4.69, 9.17) is 10.2 Å². The molecule has 0 spiro atoms. The van der Waals surface area contributed by atoms with Gasteiger partial charge in [0.15, 0.2) is 0 Å². The number of benzene rings is 1. The van der Waals surface area contributed by atoms with E-state index in [1.807, 2.05) is 25.1 Å². The molecule has 1 heterocycles. The first-order valence-corrected chi connectivity index (χ1v) is 7.56. The molecule has 3 N–H and O–H groups in total. The Bertz CT molecular complexity index is 623. The molecule has 1 aromatic carbocycles. The van der Waals surface area contributed by atoms with Crippen LogP contribution >= 0.6 is 12.4 Å². The molecular weight excluding hydrogens is 312 g/mol. The summed E-state index contributed by atoms with van der Waals surface area (Å²) in [4.78, 5) is 12.2. The monoisotopic (exact) mass is 336 g/mol. The lowest BCUT2D eigenvalue weighted by Crippen LogP contribution is -2.37. The second kappa shape index (κ2) is 8.18.